The van der Waals surface area contributed by atoms with Crippen LogP contribution in [0, 0.1) is 0 Å². The van der Waals surface area contributed by atoms with Crippen molar-refractivity contribution in [2.45, 2.75) is 0 Å². The Kier molecular flexibility index (Phi) is 7.18. The van der Waals surface area contributed by atoms with E-state index < -0.39 is 0 Å². The predicted molar refractivity (Wildman–Crippen MR) is 220 cm³/mol. The van der Waals surface area contributed by atoms with Crippen LogP contribution in [0.1, 0.15) is 0 Å². The average Bonchev–Trinajstić information content (AvgIpc) is 3.60. The maximum Gasteiger partial charge on any atom is 0.136 e. The molecule has 0 atom stereocenters. The van der Waals surface area contributed by atoms with E-state index in [1.807, 2.05) is 6.07 Å². The Morgan fingerprint density at radius 2 is 0.885 bits per heavy atom. The normalized spacial score (nSPS) is 11.5. The summed E-state index contributed by atoms with van der Waals surface area (Å²) in [5, 5.41) is 7.22. The van der Waals surface area contributed by atoms with E-state index in [2.05, 4.69) is 199 Å². The van der Waals surface area contributed by atoms with Crippen LogP contribution in [0.5, 0.6) is 0 Å². The van der Waals surface area contributed by atoms with E-state index in [0.29, 0.717) is 0 Å². The Balaban J connectivity index is 1.10. The largest absolute Gasteiger partial charge is 0.456 e. The van der Waals surface area contributed by atoms with Gasteiger partial charge in [-0.3, -0.25) is 0 Å². The molecule has 1 aromatic heterocycles. The zero-order chi connectivity index (χ0) is 34.4. The van der Waals surface area contributed by atoms with Crippen molar-refractivity contribution in [1.29, 1.82) is 0 Å². The molecule has 1 heterocycles. The van der Waals surface area contributed by atoms with Crippen LogP contribution in [0.25, 0.3) is 76.9 Å². The summed E-state index contributed by atoms with van der Waals surface area (Å²) < 4.78 is 6.41. The number of para-hydroxylation sites is 1. The van der Waals surface area contributed by atoms with Gasteiger partial charge < -0.3 is 9.32 Å². The van der Waals surface area contributed by atoms with Gasteiger partial charge in [-0.25, -0.2) is 0 Å². The summed E-state index contributed by atoms with van der Waals surface area (Å²) in [6, 6.07) is 71.6. The molecular formula is C50H33NO. The fourth-order valence-corrected chi connectivity index (χ4v) is 7.79. The summed E-state index contributed by atoms with van der Waals surface area (Å²) in [5.74, 6) is 0. The molecule has 0 bridgehead atoms. The van der Waals surface area contributed by atoms with Crippen LogP contribution in [0.3, 0.4) is 0 Å². The van der Waals surface area contributed by atoms with E-state index in [4.69, 9.17) is 4.42 Å². The zero-order valence-corrected chi connectivity index (χ0v) is 28.4. The van der Waals surface area contributed by atoms with Gasteiger partial charge in [-0.2, -0.15) is 0 Å². The highest BCUT2D eigenvalue weighted by Crippen LogP contribution is 2.42. The zero-order valence-electron chi connectivity index (χ0n) is 28.4. The molecule has 0 N–H and O–H groups in total. The van der Waals surface area contributed by atoms with Gasteiger partial charge in [0.05, 0.1) is 0 Å². The molecule has 0 saturated carbocycles. The summed E-state index contributed by atoms with van der Waals surface area (Å²) in [5.41, 5.74) is 12.2. The van der Waals surface area contributed by atoms with E-state index in [0.717, 1.165) is 44.7 Å². The van der Waals surface area contributed by atoms with Crippen LogP contribution in [-0.4, -0.2) is 0 Å². The minimum absolute atomic E-state index is 0.907. The number of hydrogen-bond donors (Lipinski definition) is 0. The number of fused-ring (bicyclic) bond motifs is 6. The smallest absolute Gasteiger partial charge is 0.136 e. The summed E-state index contributed by atoms with van der Waals surface area (Å²) >= 11 is 0. The second-order valence-electron chi connectivity index (χ2n) is 13.3. The van der Waals surface area contributed by atoms with Crippen LogP contribution in [0.2, 0.25) is 0 Å². The van der Waals surface area contributed by atoms with Gasteiger partial charge in [-0.15, -0.1) is 0 Å². The van der Waals surface area contributed by atoms with Crippen molar-refractivity contribution in [3.8, 4) is 33.4 Å². The van der Waals surface area contributed by atoms with E-state index in [-0.39, 0.29) is 0 Å². The van der Waals surface area contributed by atoms with E-state index in [9.17, 15) is 0 Å². The number of rotatable bonds is 6. The number of benzene rings is 9. The maximum atomic E-state index is 6.41. The van der Waals surface area contributed by atoms with Crippen molar-refractivity contribution in [1.82, 2.24) is 0 Å². The molecule has 0 radical (unpaired) electrons. The van der Waals surface area contributed by atoms with Crippen molar-refractivity contribution in [3.63, 3.8) is 0 Å². The van der Waals surface area contributed by atoms with Gasteiger partial charge in [0.1, 0.15) is 11.2 Å². The molecule has 0 saturated heterocycles. The molecule has 0 fully saturated rings. The fraction of sp³-hybridized carbons (Fsp3) is 0. The summed E-state index contributed by atoms with van der Waals surface area (Å²) in [7, 11) is 0. The molecule has 0 unspecified atom stereocenters. The molecule has 10 aromatic rings. The highest BCUT2D eigenvalue weighted by Gasteiger charge is 2.17. The molecule has 2 heteroatoms. The lowest BCUT2D eigenvalue weighted by Crippen LogP contribution is -2.10. The molecule has 10 rings (SSSR count). The minimum atomic E-state index is 0.907. The second-order valence-corrected chi connectivity index (χ2v) is 13.3. The van der Waals surface area contributed by atoms with Gasteiger partial charge in [-0.05, 0) is 103 Å². The standard InChI is InChI=1S/C50H33NO/c1-2-12-34(13-3-1)35-24-28-39(29-25-35)51(41-17-10-16-38(32-41)43-22-11-15-36-14-4-5-18-42(36)43)40-30-26-37(27-31-40)47-33-49-50(45-20-7-6-19-44(45)47)46-21-8-9-23-48(46)52-49/h1-33H. The van der Waals surface area contributed by atoms with Crippen molar-refractivity contribution >= 4 is 60.5 Å². The summed E-state index contributed by atoms with van der Waals surface area (Å²) in [6.45, 7) is 0. The van der Waals surface area contributed by atoms with Crippen LogP contribution >= 0.6 is 0 Å². The monoisotopic (exact) mass is 663 g/mol. The Morgan fingerprint density at radius 1 is 0.308 bits per heavy atom. The third-order valence-corrected chi connectivity index (χ3v) is 10.3. The number of anilines is 3. The Hall–Kier alpha value is -6.90. The second kappa shape index (κ2) is 12.5. The first-order chi connectivity index (χ1) is 25.8. The number of hydrogen-bond acceptors (Lipinski definition) is 2. The molecule has 244 valence electrons. The van der Waals surface area contributed by atoms with Gasteiger partial charge in [-0.1, -0.05) is 152 Å². The predicted octanol–water partition coefficient (Wildman–Crippen LogP) is 14.4. The molecule has 0 amide bonds. The van der Waals surface area contributed by atoms with Gasteiger partial charge in [0, 0.05) is 27.8 Å². The number of furan rings is 1. The molecule has 0 aliphatic heterocycles. The van der Waals surface area contributed by atoms with Crippen molar-refractivity contribution < 1.29 is 4.42 Å². The average molecular weight is 664 g/mol. The van der Waals surface area contributed by atoms with E-state index in [1.165, 1.54) is 49.2 Å². The molecule has 0 aliphatic carbocycles. The highest BCUT2D eigenvalue weighted by molar-refractivity contribution is 6.22. The molecule has 0 spiro atoms. The Morgan fingerprint density at radius 3 is 1.67 bits per heavy atom. The minimum Gasteiger partial charge on any atom is -0.456 e. The first-order valence-electron chi connectivity index (χ1n) is 17.8. The van der Waals surface area contributed by atoms with Crippen molar-refractivity contribution in [3.05, 3.63) is 200 Å². The Labute approximate surface area is 302 Å². The summed E-state index contributed by atoms with van der Waals surface area (Å²) in [4.78, 5) is 2.35. The van der Waals surface area contributed by atoms with E-state index >= 15 is 0 Å². The summed E-state index contributed by atoms with van der Waals surface area (Å²) in [6.07, 6.45) is 0. The van der Waals surface area contributed by atoms with Gasteiger partial charge in [0.2, 0.25) is 0 Å². The van der Waals surface area contributed by atoms with Gasteiger partial charge in [0.15, 0.2) is 0 Å². The molecule has 52 heavy (non-hydrogen) atoms. The third-order valence-electron chi connectivity index (χ3n) is 10.3. The fourth-order valence-electron chi connectivity index (χ4n) is 7.79. The van der Waals surface area contributed by atoms with Crippen LogP contribution in [0.15, 0.2) is 205 Å². The van der Waals surface area contributed by atoms with Crippen LogP contribution in [-0.2, 0) is 0 Å². The molecule has 9 aromatic carbocycles. The van der Waals surface area contributed by atoms with Crippen molar-refractivity contribution in [2.24, 2.45) is 0 Å². The lowest BCUT2D eigenvalue weighted by atomic mass is 9.94. The van der Waals surface area contributed by atoms with E-state index in [1.54, 1.807) is 0 Å². The SMILES string of the molecule is c1ccc(-c2ccc(N(c3ccc(-c4cc5oc6ccccc6c5c5ccccc45)cc3)c3cccc(-c4cccc5ccccc45)c3)cc2)cc1. The molecular weight excluding hydrogens is 631 g/mol. The molecule has 0 aliphatic rings. The Bertz CT molecular complexity index is 2880. The number of nitrogens with zero attached hydrogens (tertiary/aromatic N) is 1. The lowest BCUT2D eigenvalue weighted by molar-refractivity contribution is 0.669. The van der Waals surface area contributed by atoms with Gasteiger partial charge in [0.25, 0.3) is 0 Å². The van der Waals surface area contributed by atoms with Crippen LogP contribution in [0.4, 0.5) is 17.1 Å². The maximum absolute atomic E-state index is 6.41. The lowest BCUT2D eigenvalue weighted by Gasteiger charge is -2.26. The van der Waals surface area contributed by atoms with Crippen molar-refractivity contribution in [2.75, 3.05) is 4.90 Å². The molecule has 2 nitrogen and oxygen atoms in total. The van der Waals surface area contributed by atoms with Crippen LogP contribution < -0.4 is 4.90 Å². The topological polar surface area (TPSA) is 16.4 Å². The third kappa shape index (κ3) is 5.12. The van der Waals surface area contributed by atoms with Gasteiger partial charge >= 0.3 is 0 Å². The first-order valence-corrected chi connectivity index (χ1v) is 17.8. The first kappa shape index (κ1) is 30.0. The quantitative estimate of drug-likeness (QED) is 0.176. The highest BCUT2D eigenvalue weighted by atomic mass is 16.3.